The van der Waals surface area contributed by atoms with Crippen LogP contribution in [0.5, 0.6) is 23.0 Å². The number of hydrogen-bond acceptors (Lipinski definition) is 7. The molecule has 3 amide bonds. The lowest BCUT2D eigenvalue weighted by molar-refractivity contribution is -0.376. The smallest absolute Gasteiger partial charge is 0.430 e. The fourth-order valence-electron chi connectivity index (χ4n) is 5.00. The van der Waals surface area contributed by atoms with Crippen LogP contribution in [-0.4, -0.2) is 46.1 Å². The molecule has 0 spiro atoms. The number of rotatable bonds is 8. The number of carbonyl (C=O) groups excluding carboxylic acids is 2. The highest BCUT2D eigenvalue weighted by Crippen LogP contribution is 2.50. The summed E-state index contributed by atoms with van der Waals surface area (Å²) in [7, 11) is 0. The Morgan fingerprint density at radius 1 is 1.00 bits per heavy atom. The molecule has 2 aliphatic rings. The van der Waals surface area contributed by atoms with Gasteiger partial charge in [-0.1, -0.05) is 25.5 Å². The number of alkyl halides is 6. The van der Waals surface area contributed by atoms with Gasteiger partial charge in [0, 0.05) is 17.8 Å². The fourth-order valence-corrected chi connectivity index (χ4v) is 5.00. The van der Waals surface area contributed by atoms with E-state index in [1.54, 1.807) is 25.1 Å². The van der Waals surface area contributed by atoms with Crippen LogP contribution in [0.1, 0.15) is 42.7 Å². The van der Waals surface area contributed by atoms with Gasteiger partial charge in [-0.05, 0) is 54.8 Å². The van der Waals surface area contributed by atoms with E-state index < -0.39 is 41.0 Å². The Hall–Kier alpha value is -4.53. The van der Waals surface area contributed by atoms with Crippen LogP contribution in [0.3, 0.4) is 0 Å². The summed E-state index contributed by atoms with van der Waals surface area (Å²) in [5, 5.41) is 12.5. The number of imide groups is 1. The fraction of sp³-hybridized carbons (Fsp3) is 0.345. The van der Waals surface area contributed by atoms with Crippen LogP contribution in [0.25, 0.3) is 0 Å². The maximum atomic E-state index is 13.4. The van der Waals surface area contributed by atoms with Gasteiger partial charge in [0.2, 0.25) is 6.79 Å². The minimum Gasteiger partial charge on any atom is -0.457 e. The number of ether oxygens (including phenoxy) is 3. The third-order valence-corrected chi connectivity index (χ3v) is 7.38. The van der Waals surface area contributed by atoms with Gasteiger partial charge in [-0.15, -0.1) is 0 Å². The number of urea groups is 1. The van der Waals surface area contributed by atoms with Gasteiger partial charge in [0.15, 0.2) is 11.5 Å². The van der Waals surface area contributed by atoms with Crippen molar-refractivity contribution >= 4 is 11.9 Å². The number of amides is 3. The van der Waals surface area contributed by atoms with Crippen molar-refractivity contribution in [1.82, 2.24) is 15.2 Å². The molecule has 2 aromatic carbocycles. The Morgan fingerprint density at radius 3 is 2.39 bits per heavy atom. The second kappa shape index (κ2) is 10.9. The Morgan fingerprint density at radius 2 is 1.70 bits per heavy atom. The largest absolute Gasteiger partial charge is 0.457 e. The van der Waals surface area contributed by atoms with Crippen LogP contribution in [-0.2, 0) is 28.9 Å². The summed E-state index contributed by atoms with van der Waals surface area (Å²) >= 11 is 0. The molecule has 0 aliphatic carbocycles. The first-order chi connectivity index (χ1) is 20.6. The van der Waals surface area contributed by atoms with Crippen LogP contribution in [0, 0.1) is 0 Å². The average Bonchev–Trinajstić information content (AvgIpc) is 3.51. The third kappa shape index (κ3) is 5.25. The molecule has 1 atom stereocenters. The molecule has 1 fully saturated rings. The number of nitrogens with one attached hydrogen (secondary N) is 1. The Kier molecular flexibility index (Phi) is 7.64. The summed E-state index contributed by atoms with van der Waals surface area (Å²) in [6.45, 7) is 2.96. The van der Waals surface area contributed by atoms with Gasteiger partial charge >= 0.3 is 18.4 Å². The van der Waals surface area contributed by atoms with Gasteiger partial charge in [-0.3, -0.25) is 14.7 Å². The first-order valence-electron chi connectivity index (χ1n) is 13.2. The summed E-state index contributed by atoms with van der Waals surface area (Å²) in [5.74, 6) is 0.391. The number of aromatic nitrogens is 1. The number of hydrogen-bond donors (Lipinski definition) is 2. The monoisotopic (exact) mass is 625 g/mol. The number of aliphatic hydroxyl groups is 1. The second-order valence-corrected chi connectivity index (χ2v) is 10.4. The van der Waals surface area contributed by atoms with Crippen LogP contribution in [0.2, 0.25) is 0 Å². The van der Waals surface area contributed by atoms with Gasteiger partial charge in [0.25, 0.3) is 11.5 Å². The van der Waals surface area contributed by atoms with Gasteiger partial charge < -0.3 is 24.6 Å². The molecule has 9 nitrogen and oxygen atoms in total. The summed E-state index contributed by atoms with van der Waals surface area (Å²) in [6.07, 6.45) is -10.4. The molecule has 5 rings (SSSR count). The van der Waals surface area contributed by atoms with Crippen molar-refractivity contribution in [1.29, 1.82) is 0 Å². The number of halogens is 6. The van der Waals surface area contributed by atoms with E-state index in [1.165, 1.54) is 25.3 Å². The quantitative estimate of drug-likeness (QED) is 0.239. The maximum absolute atomic E-state index is 13.4. The van der Waals surface area contributed by atoms with E-state index in [4.69, 9.17) is 14.2 Å². The lowest BCUT2D eigenvalue weighted by Gasteiger charge is -2.33. The Balaban J connectivity index is 1.38. The van der Waals surface area contributed by atoms with E-state index in [9.17, 15) is 41.0 Å². The summed E-state index contributed by atoms with van der Waals surface area (Å²) in [5.41, 5.74) is -7.24. The lowest BCUT2D eigenvalue weighted by atomic mass is 9.90. The normalized spacial score (nSPS) is 18.5. The van der Waals surface area contributed by atoms with E-state index in [-0.39, 0.29) is 42.5 Å². The van der Waals surface area contributed by atoms with E-state index >= 15 is 0 Å². The molecule has 0 radical (unpaired) electrons. The molecule has 0 saturated carbocycles. The topological polar surface area (TPSA) is 110 Å². The molecule has 3 aromatic rings. The molecule has 2 N–H and O–H groups in total. The van der Waals surface area contributed by atoms with Crippen molar-refractivity contribution in [2.75, 3.05) is 6.79 Å². The molecule has 0 bridgehead atoms. The van der Waals surface area contributed by atoms with E-state index in [0.717, 1.165) is 11.0 Å². The first kappa shape index (κ1) is 30.9. The summed E-state index contributed by atoms with van der Waals surface area (Å²) in [6, 6.07) is 8.96. The average molecular weight is 626 g/mol. The number of benzene rings is 2. The molecule has 15 heteroatoms. The molecular weight excluding hydrogens is 600 g/mol. The first-order valence-corrected chi connectivity index (χ1v) is 13.2. The van der Waals surface area contributed by atoms with Crippen LogP contribution in [0.4, 0.5) is 31.1 Å². The van der Waals surface area contributed by atoms with Crippen LogP contribution in [0.15, 0.2) is 54.7 Å². The van der Waals surface area contributed by atoms with E-state index in [0.29, 0.717) is 35.6 Å². The standard InChI is InChI=1S/C29H25F6N3O6/c1-3-4-16-11-18(27(41,28(30,31)32)29(33,34)35)6-7-21(16)44-20-9-10-36-19(13-20)14-38-24(39)26(2,37-25(38)40)17-5-8-22-23(12-17)43-15-42-22/h5-13,41H,3-4,14-15H2,1-2H3,(H,37,40). The molecule has 234 valence electrons. The van der Waals surface area contributed by atoms with Crippen molar-refractivity contribution in [3.63, 3.8) is 0 Å². The van der Waals surface area contributed by atoms with Crippen molar-refractivity contribution < 1.29 is 55.2 Å². The number of fused-ring (bicyclic) bond motifs is 1. The minimum atomic E-state index is -6.03. The zero-order chi connectivity index (χ0) is 32.1. The van der Waals surface area contributed by atoms with Crippen molar-refractivity contribution in [2.24, 2.45) is 0 Å². The van der Waals surface area contributed by atoms with Crippen LogP contribution >= 0.6 is 0 Å². The summed E-state index contributed by atoms with van der Waals surface area (Å²) < 4.78 is 97.1. The highest BCUT2D eigenvalue weighted by Gasteiger charge is 2.71. The molecule has 1 aromatic heterocycles. The predicted molar refractivity (Wildman–Crippen MR) is 140 cm³/mol. The molecule has 1 saturated heterocycles. The van der Waals surface area contributed by atoms with E-state index in [1.807, 2.05) is 0 Å². The van der Waals surface area contributed by atoms with Crippen LogP contribution < -0.4 is 19.5 Å². The van der Waals surface area contributed by atoms with Gasteiger partial charge in [0.1, 0.15) is 17.0 Å². The minimum absolute atomic E-state index is 0.0103. The molecule has 2 aliphatic heterocycles. The number of nitrogens with zero attached hydrogens (tertiary/aromatic N) is 2. The molecule has 44 heavy (non-hydrogen) atoms. The third-order valence-electron chi connectivity index (χ3n) is 7.38. The Bertz CT molecular complexity index is 1600. The number of pyridine rings is 1. The number of aryl methyl sites for hydroxylation is 1. The maximum Gasteiger partial charge on any atom is 0.430 e. The lowest BCUT2D eigenvalue weighted by Crippen LogP contribution is -2.53. The van der Waals surface area contributed by atoms with Gasteiger partial charge in [-0.25, -0.2) is 4.79 Å². The van der Waals surface area contributed by atoms with Crippen molar-refractivity contribution in [3.8, 4) is 23.0 Å². The van der Waals surface area contributed by atoms with Crippen molar-refractivity contribution in [3.05, 3.63) is 77.1 Å². The SMILES string of the molecule is CCCc1cc(C(O)(C(F)(F)F)C(F)(F)F)ccc1Oc1ccnc(CN2C(=O)NC(C)(c3ccc4c(c3)OCO4)C2=O)c1. The zero-order valence-corrected chi connectivity index (χ0v) is 23.2. The van der Waals surface area contributed by atoms with Gasteiger partial charge in [-0.2, -0.15) is 26.3 Å². The molecule has 3 heterocycles. The zero-order valence-electron chi connectivity index (χ0n) is 23.2. The summed E-state index contributed by atoms with van der Waals surface area (Å²) in [4.78, 5) is 31.4. The Labute approximate surface area is 246 Å². The van der Waals surface area contributed by atoms with E-state index in [2.05, 4.69) is 10.3 Å². The van der Waals surface area contributed by atoms with Crippen molar-refractivity contribution in [2.45, 2.75) is 56.7 Å². The second-order valence-electron chi connectivity index (χ2n) is 10.4. The highest BCUT2D eigenvalue weighted by atomic mass is 19.4. The van der Waals surface area contributed by atoms with Gasteiger partial charge in [0.05, 0.1) is 12.2 Å². The molecular formula is C29H25F6N3O6. The predicted octanol–water partition coefficient (Wildman–Crippen LogP) is 5.83. The number of carbonyl (C=O) groups is 2. The highest BCUT2D eigenvalue weighted by molar-refractivity contribution is 6.07. The molecule has 1 unspecified atom stereocenters.